The van der Waals surface area contributed by atoms with Gasteiger partial charge in [-0.25, -0.2) is 8.42 Å². The summed E-state index contributed by atoms with van der Waals surface area (Å²) in [5.41, 5.74) is 0.516. The Morgan fingerprint density at radius 2 is 1.68 bits per heavy atom. The van der Waals surface area contributed by atoms with E-state index in [-0.39, 0.29) is 50.0 Å². The van der Waals surface area contributed by atoms with Gasteiger partial charge in [0.05, 0.1) is 17.1 Å². The van der Waals surface area contributed by atoms with Crippen LogP contribution >= 0.6 is 0 Å². The van der Waals surface area contributed by atoms with Crippen LogP contribution in [0.25, 0.3) is 0 Å². The minimum absolute atomic E-state index is 0.00701. The molecule has 0 bridgehead atoms. The molecular weight excluding hydrogens is 511 g/mol. The third-order valence-electron chi connectivity index (χ3n) is 6.21. The fourth-order valence-electron chi connectivity index (χ4n) is 4.03. The number of aliphatic hydroxyl groups is 1. The van der Waals surface area contributed by atoms with Gasteiger partial charge >= 0.3 is 6.18 Å². The Bertz CT molecular complexity index is 1200. The van der Waals surface area contributed by atoms with E-state index in [2.05, 4.69) is 5.32 Å². The highest BCUT2D eigenvalue weighted by molar-refractivity contribution is 7.89. The topological polar surface area (TPSA) is 107 Å². The van der Waals surface area contributed by atoms with Crippen LogP contribution in [0.4, 0.5) is 13.2 Å². The number of hydrogen-bond acceptors (Lipinski definition) is 5. The van der Waals surface area contributed by atoms with Crippen LogP contribution in [0.5, 0.6) is 0 Å². The van der Waals surface area contributed by atoms with E-state index in [1.807, 2.05) is 13.8 Å². The van der Waals surface area contributed by atoms with E-state index in [1.54, 1.807) is 12.1 Å². The Hall–Kier alpha value is -2.96. The number of aliphatic hydroxyl groups excluding tert-OH is 1. The number of alkyl halides is 3. The zero-order chi connectivity index (χ0) is 27.4. The second-order valence-electron chi connectivity index (χ2n) is 9.08. The Labute approximate surface area is 214 Å². The molecule has 1 heterocycles. The van der Waals surface area contributed by atoms with Crippen molar-refractivity contribution in [3.63, 3.8) is 0 Å². The van der Waals surface area contributed by atoms with E-state index >= 15 is 0 Å². The lowest BCUT2D eigenvalue weighted by molar-refractivity contribution is -0.138. The number of nitrogens with one attached hydrogen (secondary N) is 1. The molecule has 8 nitrogen and oxygen atoms in total. The lowest BCUT2D eigenvalue weighted by Gasteiger charge is -2.39. The van der Waals surface area contributed by atoms with Gasteiger partial charge in [-0.15, -0.1) is 0 Å². The van der Waals surface area contributed by atoms with Crippen molar-refractivity contribution in [3.05, 3.63) is 65.2 Å². The molecule has 2 aromatic carbocycles. The van der Waals surface area contributed by atoms with E-state index < -0.39 is 39.6 Å². The van der Waals surface area contributed by atoms with Crippen molar-refractivity contribution in [2.24, 2.45) is 0 Å². The van der Waals surface area contributed by atoms with E-state index in [9.17, 15) is 31.2 Å². The minimum atomic E-state index is -4.49. The molecule has 0 radical (unpaired) electrons. The first-order valence-corrected chi connectivity index (χ1v) is 13.2. The Kier molecular flexibility index (Phi) is 8.98. The van der Waals surface area contributed by atoms with Crippen LogP contribution in [-0.2, 0) is 32.3 Å². The zero-order valence-electron chi connectivity index (χ0n) is 20.5. The molecule has 2 N–H and O–H groups in total. The number of benzene rings is 2. The highest BCUT2D eigenvalue weighted by Crippen LogP contribution is 2.29. The van der Waals surface area contributed by atoms with Crippen molar-refractivity contribution >= 4 is 21.8 Å². The van der Waals surface area contributed by atoms with Gasteiger partial charge in [-0.05, 0) is 41.3 Å². The summed E-state index contributed by atoms with van der Waals surface area (Å²) < 4.78 is 66.4. The first-order chi connectivity index (χ1) is 17.3. The lowest BCUT2D eigenvalue weighted by Crippen LogP contribution is -2.61. The number of halogens is 3. The Balaban J connectivity index is 1.82. The maximum absolute atomic E-state index is 13.5. The molecule has 0 saturated carbocycles. The highest BCUT2D eigenvalue weighted by Gasteiger charge is 2.41. The van der Waals surface area contributed by atoms with Crippen LogP contribution in [-0.4, -0.2) is 66.8 Å². The van der Waals surface area contributed by atoms with Gasteiger partial charge in [0.15, 0.2) is 0 Å². The normalized spacial score (nSPS) is 17.2. The number of amides is 2. The maximum Gasteiger partial charge on any atom is 0.416 e. The number of carbonyl (C=O) groups excluding carboxylic acids is 2. The quantitative estimate of drug-likeness (QED) is 0.535. The van der Waals surface area contributed by atoms with Crippen molar-refractivity contribution in [3.8, 4) is 0 Å². The third-order valence-corrected chi connectivity index (χ3v) is 8.14. The summed E-state index contributed by atoms with van der Waals surface area (Å²) in [7, 11) is -4.10. The van der Waals surface area contributed by atoms with E-state index in [0.29, 0.717) is 5.56 Å². The second kappa shape index (κ2) is 11.6. The average Bonchev–Trinajstić information content (AvgIpc) is 2.86. The standard InChI is InChI=1S/C25H30F3N3O5S/c1-17(2)19-5-9-21(10-6-19)37(35,36)31-13-12-30(23(33)11-14-32)16-22(31)24(34)29-15-18-3-7-20(8-4-18)25(26,27)28/h3-10,17,22,32H,11-16H2,1-2H3,(H,29,34). The van der Waals surface area contributed by atoms with Gasteiger partial charge in [0.1, 0.15) is 6.04 Å². The molecule has 0 aromatic heterocycles. The van der Waals surface area contributed by atoms with Crippen molar-refractivity contribution in [2.45, 2.75) is 49.8 Å². The predicted molar refractivity (Wildman–Crippen MR) is 130 cm³/mol. The zero-order valence-corrected chi connectivity index (χ0v) is 21.3. The molecule has 12 heteroatoms. The summed E-state index contributed by atoms with van der Waals surface area (Å²) in [5.74, 6) is -0.910. The average molecular weight is 542 g/mol. The number of sulfonamides is 1. The van der Waals surface area contributed by atoms with Crippen LogP contribution in [0, 0.1) is 0 Å². The molecule has 1 fully saturated rings. The summed E-state index contributed by atoms with van der Waals surface area (Å²) in [6.07, 6.45) is -4.65. The van der Waals surface area contributed by atoms with Gasteiger partial charge in [-0.3, -0.25) is 9.59 Å². The molecule has 3 rings (SSSR count). The fraction of sp³-hybridized carbons (Fsp3) is 0.440. The largest absolute Gasteiger partial charge is 0.416 e. The Morgan fingerprint density at radius 1 is 1.05 bits per heavy atom. The SMILES string of the molecule is CC(C)c1ccc(S(=O)(=O)N2CCN(C(=O)CCO)CC2C(=O)NCc2ccc(C(F)(F)F)cc2)cc1. The van der Waals surface area contributed by atoms with Crippen LogP contribution in [0.2, 0.25) is 0 Å². The fourth-order valence-corrected chi connectivity index (χ4v) is 5.60. The Morgan fingerprint density at radius 3 is 2.22 bits per heavy atom. The summed E-state index contributed by atoms with van der Waals surface area (Å²) in [4.78, 5) is 26.9. The molecule has 2 aromatic rings. The summed E-state index contributed by atoms with van der Waals surface area (Å²) in [6, 6.07) is 9.36. The van der Waals surface area contributed by atoms with Crippen LogP contribution in [0.1, 0.15) is 42.9 Å². The van der Waals surface area contributed by atoms with Crippen molar-refractivity contribution < 1.29 is 36.3 Å². The maximum atomic E-state index is 13.5. The molecule has 0 aliphatic carbocycles. The van der Waals surface area contributed by atoms with E-state index in [1.165, 1.54) is 29.2 Å². The predicted octanol–water partition coefficient (Wildman–Crippen LogP) is 2.73. The molecule has 1 unspecified atom stereocenters. The van der Waals surface area contributed by atoms with Crippen molar-refractivity contribution in [1.29, 1.82) is 0 Å². The van der Waals surface area contributed by atoms with Gasteiger partial charge < -0.3 is 15.3 Å². The van der Waals surface area contributed by atoms with Gasteiger partial charge in [-0.2, -0.15) is 17.5 Å². The molecule has 0 spiro atoms. The summed E-state index contributed by atoms with van der Waals surface area (Å²) in [5, 5.41) is 11.7. The monoisotopic (exact) mass is 541 g/mol. The van der Waals surface area contributed by atoms with Crippen LogP contribution in [0.15, 0.2) is 53.4 Å². The number of carbonyl (C=O) groups is 2. The molecule has 1 aliphatic rings. The molecule has 37 heavy (non-hydrogen) atoms. The third kappa shape index (κ3) is 6.88. The second-order valence-corrected chi connectivity index (χ2v) is 11.0. The van der Waals surface area contributed by atoms with Crippen LogP contribution < -0.4 is 5.32 Å². The smallest absolute Gasteiger partial charge is 0.396 e. The first-order valence-electron chi connectivity index (χ1n) is 11.8. The van der Waals surface area contributed by atoms with Crippen molar-refractivity contribution in [2.75, 3.05) is 26.2 Å². The van der Waals surface area contributed by atoms with Gasteiger partial charge in [0, 0.05) is 32.6 Å². The lowest BCUT2D eigenvalue weighted by atomic mass is 10.0. The van der Waals surface area contributed by atoms with Crippen LogP contribution in [0.3, 0.4) is 0 Å². The number of rotatable bonds is 8. The van der Waals surface area contributed by atoms with E-state index in [0.717, 1.165) is 22.0 Å². The van der Waals surface area contributed by atoms with Gasteiger partial charge in [-0.1, -0.05) is 38.1 Å². The summed E-state index contributed by atoms with van der Waals surface area (Å²) in [6.45, 7) is 3.13. The number of piperazine rings is 1. The highest BCUT2D eigenvalue weighted by atomic mass is 32.2. The summed E-state index contributed by atoms with van der Waals surface area (Å²) >= 11 is 0. The molecule has 202 valence electrons. The van der Waals surface area contributed by atoms with E-state index in [4.69, 9.17) is 5.11 Å². The van der Waals surface area contributed by atoms with Crippen molar-refractivity contribution in [1.82, 2.24) is 14.5 Å². The number of nitrogens with zero attached hydrogens (tertiary/aromatic N) is 2. The molecule has 2 amide bonds. The number of hydrogen-bond donors (Lipinski definition) is 2. The minimum Gasteiger partial charge on any atom is -0.396 e. The van der Waals surface area contributed by atoms with Gasteiger partial charge in [0.2, 0.25) is 21.8 Å². The molecule has 1 saturated heterocycles. The van der Waals surface area contributed by atoms with Gasteiger partial charge in [0.25, 0.3) is 0 Å². The first kappa shape index (κ1) is 28.6. The molecular formula is C25H30F3N3O5S. The molecule has 1 atom stereocenters. The molecule has 1 aliphatic heterocycles.